The molecule has 0 aromatic carbocycles. The Balaban J connectivity index is 1.44. The topological polar surface area (TPSA) is 96.9 Å². The maximum atomic E-state index is 13.3. The summed E-state index contributed by atoms with van der Waals surface area (Å²) in [6, 6.07) is 3.27. The molecule has 4 rings (SSSR count). The second kappa shape index (κ2) is 10.3. The number of hydrogen-bond donors (Lipinski definition) is 0. The standard InChI is InChI=1S/C22H32N6O4/c1-17(2)12-20-22(30)27(14-18-13-23-24-28(18)20)16-21(29)26(15-19-4-3-9-32-19)6-5-25-7-10-31-11-8-25/h3-4,9,13,17,20H,5-8,10-12,14-16H2,1-2H3/t20-/m0/s1. The fraction of sp³-hybridized carbons (Fsp3) is 0.636. The zero-order chi connectivity index (χ0) is 22.5. The van der Waals surface area contributed by atoms with Gasteiger partial charge in [0.05, 0.1) is 44.5 Å². The molecule has 2 aliphatic rings. The van der Waals surface area contributed by atoms with Crippen LogP contribution in [0.5, 0.6) is 0 Å². The van der Waals surface area contributed by atoms with Crippen molar-refractivity contribution in [1.82, 2.24) is 29.7 Å². The van der Waals surface area contributed by atoms with Crippen LogP contribution in [0.3, 0.4) is 0 Å². The molecule has 0 radical (unpaired) electrons. The predicted octanol–water partition coefficient (Wildman–Crippen LogP) is 1.16. The summed E-state index contributed by atoms with van der Waals surface area (Å²) in [4.78, 5) is 32.3. The van der Waals surface area contributed by atoms with E-state index in [1.54, 1.807) is 26.9 Å². The first-order chi connectivity index (χ1) is 15.5. The molecule has 2 amide bonds. The van der Waals surface area contributed by atoms with Crippen molar-refractivity contribution in [3.63, 3.8) is 0 Å². The van der Waals surface area contributed by atoms with Crippen molar-refractivity contribution in [3.05, 3.63) is 36.0 Å². The Kier molecular flexibility index (Phi) is 7.21. The fourth-order valence-corrected chi connectivity index (χ4v) is 4.24. The predicted molar refractivity (Wildman–Crippen MR) is 115 cm³/mol. The number of hydrogen-bond acceptors (Lipinski definition) is 7. The minimum Gasteiger partial charge on any atom is -0.467 e. The molecule has 0 saturated carbocycles. The monoisotopic (exact) mass is 444 g/mol. The van der Waals surface area contributed by atoms with Gasteiger partial charge in [0.1, 0.15) is 18.3 Å². The summed E-state index contributed by atoms with van der Waals surface area (Å²) in [5.41, 5.74) is 0.856. The normalized spacial score (nSPS) is 19.4. The van der Waals surface area contributed by atoms with E-state index in [9.17, 15) is 9.59 Å². The smallest absolute Gasteiger partial charge is 0.248 e. The molecular weight excluding hydrogens is 412 g/mol. The lowest BCUT2D eigenvalue weighted by Gasteiger charge is -2.35. The summed E-state index contributed by atoms with van der Waals surface area (Å²) in [6.07, 6.45) is 3.95. The van der Waals surface area contributed by atoms with Crippen LogP contribution in [0.15, 0.2) is 29.0 Å². The van der Waals surface area contributed by atoms with Crippen molar-refractivity contribution in [2.45, 2.75) is 39.4 Å². The first-order valence-electron chi connectivity index (χ1n) is 11.3. The Morgan fingerprint density at radius 1 is 1.31 bits per heavy atom. The second-order valence-electron chi connectivity index (χ2n) is 8.86. The second-order valence-corrected chi connectivity index (χ2v) is 8.86. The number of aromatic nitrogens is 3. The maximum Gasteiger partial charge on any atom is 0.248 e. The molecule has 4 heterocycles. The Labute approximate surface area is 188 Å². The summed E-state index contributed by atoms with van der Waals surface area (Å²) in [7, 11) is 0. The Morgan fingerprint density at radius 3 is 2.84 bits per heavy atom. The zero-order valence-electron chi connectivity index (χ0n) is 18.9. The van der Waals surface area contributed by atoms with Crippen LogP contribution in [0.4, 0.5) is 0 Å². The average molecular weight is 445 g/mol. The molecule has 0 N–H and O–H groups in total. The molecule has 0 spiro atoms. The number of ether oxygens (including phenoxy) is 1. The molecule has 10 nitrogen and oxygen atoms in total. The number of carbonyl (C=O) groups is 2. The molecular formula is C22H32N6O4. The lowest BCUT2D eigenvalue weighted by atomic mass is 10.0. The SMILES string of the molecule is CC(C)C[C@H]1C(=O)N(CC(=O)N(CCN2CCOCC2)Cc2ccco2)Cc2cnnn21. The molecule has 32 heavy (non-hydrogen) atoms. The lowest BCUT2D eigenvalue weighted by molar-refractivity contribution is -0.145. The van der Waals surface area contributed by atoms with E-state index in [1.807, 2.05) is 12.1 Å². The average Bonchev–Trinajstić information content (AvgIpc) is 3.46. The van der Waals surface area contributed by atoms with Gasteiger partial charge in [0.15, 0.2) is 0 Å². The molecule has 2 aliphatic heterocycles. The van der Waals surface area contributed by atoms with Crippen LogP contribution in [0.25, 0.3) is 0 Å². The highest BCUT2D eigenvalue weighted by Crippen LogP contribution is 2.26. The van der Waals surface area contributed by atoms with Crippen LogP contribution < -0.4 is 0 Å². The highest BCUT2D eigenvalue weighted by atomic mass is 16.5. The number of rotatable bonds is 9. The summed E-state index contributed by atoms with van der Waals surface area (Å²) in [5, 5.41) is 8.10. The van der Waals surface area contributed by atoms with Crippen molar-refractivity contribution in [2.75, 3.05) is 45.9 Å². The van der Waals surface area contributed by atoms with Crippen molar-refractivity contribution < 1.29 is 18.7 Å². The molecule has 0 unspecified atom stereocenters. The van der Waals surface area contributed by atoms with Crippen molar-refractivity contribution in [1.29, 1.82) is 0 Å². The quantitative estimate of drug-likeness (QED) is 0.573. The van der Waals surface area contributed by atoms with Crippen molar-refractivity contribution >= 4 is 11.8 Å². The summed E-state index contributed by atoms with van der Waals surface area (Å²) < 4.78 is 12.6. The third-order valence-corrected chi connectivity index (χ3v) is 5.98. The molecule has 1 atom stereocenters. The van der Waals surface area contributed by atoms with Gasteiger partial charge >= 0.3 is 0 Å². The number of amides is 2. The van der Waals surface area contributed by atoms with E-state index in [1.165, 1.54) is 0 Å². The molecule has 2 aromatic rings. The van der Waals surface area contributed by atoms with E-state index in [4.69, 9.17) is 9.15 Å². The van der Waals surface area contributed by atoms with Gasteiger partial charge in [-0.05, 0) is 24.5 Å². The van der Waals surface area contributed by atoms with E-state index >= 15 is 0 Å². The Bertz CT molecular complexity index is 890. The van der Waals surface area contributed by atoms with Gasteiger partial charge in [0.2, 0.25) is 11.8 Å². The van der Waals surface area contributed by atoms with Gasteiger partial charge < -0.3 is 19.0 Å². The summed E-state index contributed by atoms with van der Waals surface area (Å²) >= 11 is 0. The number of carbonyl (C=O) groups excluding carboxylic acids is 2. The van der Waals surface area contributed by atoms with Crippen LogP contribution >= 0.6 is 0 Å². The van der Waals surface area contributed by atoms with Gasteiger partial charge in [-0.1, -0.05) is 19.1 Å². The van der Waals surface area contributed by atoms with Gasteiger partial charge in [-0.15, -0.1) is 5.10 Å². The van der Waals surface area contributed by atoms with E-state index in [2.05, 4.69) is 29.1 Å². The van der Waals surface area contributed by atoms with E-state index < -0.39 is 6.04 Å². The van der Waals surface area contributed by atoms with E-state index in [0.717, 1.165) is 31.1 Å². The first-order valence-corrected chi connectivity index (χ1v) is 11.3. The number of fused-ring (bicyclic) bond motifs is 1. The molecule has 0 aliphatic carbocycles. The molecule has 1 saturated heterocycles. The van der Waals surface area contributed by atoms with E-state index in [0.29, 0.717) is 45.2 Å². The third-order valence-electron chi connectivity index (χ3n) is 5.98. The minimum absolute atomic E-state index is 0.0302. The highest BCUT2D eigenvalue weighted by molar-refractivity contribution is 5.87. The van der Waals surface area contributed by atoms with Crippen LogP contribution in [0, 0.1) is 5.92 Å². The molecule has 174 valence electrons. The van der Waals surface area contributed by atoms with Crippen LogP contribution in [-0.2, 0) is 27.4 Å². The van der Waals surface area contributed by atoms with Crippen LogP contribution in [0.2, 0.25) is 0 Å². The van der Waals surface area contributed by atoms with Crippen molar-refractivity contribution in [2.24, 2.45) is 5.92 Å². The molecule has 1 fully saturated rings. The molecule has 10 heteroatoms. The highest BCUT2D eigenvalue weighted by Gasteiger charge is 2.36. The van der Waals surface area contributed by atoms with E-state index in [-0.39, 0.29) is 18.4 Å². The van der Waals surface area contributed by atoms with Crippen molar-refractivity contribution in [3.8, 4) is 0 Å². The first kappa shape index (κ1) is 22.5. The van der Waals surface area contributed by atoms with Gasteiger partial charge in [-0.2, -0.15) is 0 Å². The molecule has 0 bridgehead atoms. The van der Waals surface area contributed by atoms with Crippen LogP contribution in [-0.4, -0.2) is 87.4 Å². The Morgan fingerprint density at radius 2 is 2.12 bits per heavy atom. The lowest BCUT2D eigenvalue weighted by Crippen LogP contribution is -2.49. The van der Waals surface area contributed by atoms with Crippen LogP contribution in [0.1, 0.15) is 37.8 Å². The van der Waals surface area contributed by atoms with Gasteiger partial charge in [0.25, 0.3) is 0 Å². The minimum atomic E-state index is -0.416. The number of morpholine rings is 1. The third kappa shape index (κ3) is 5.36. The fourth-order valence-electron chi connectivity index (χ4n) is 4.24. The number of nitrogens with zero attached hydrogens (tertiary/aromatic N) is 6. The maximum absolute atomic E-state index is 13.3. The zero-order valence-corrected chi connectivity index (χ0v) is 18.9. The summed E-state index contributed by atoms with van der Waals surface area (Å²) in [6.45, 7) is 9.38. The van der Waals surface area contributed by atoms with Gasteiger partial charge in [-0.3, -0.25) is 14.5 Å². The Hall–Kier alpha value is -2.72. The van der Waals surface area contributed by atoms with Gasteiger partial charge in [0, 0.05) is 26.2 Å². The summed E-state index contributed by atoms with van der Waals surface area (Å²) in [5.74, 6) is 0.884. The molecule has 2 aromatic heterocycles. The number of furan rings is 1. The van der Waals surface area contributed by atoms with Gasteiger partial charge in [-0.25, -0.2) is 4.68 Å². The largest absolute Gasteiger partial charge is 0.467 e.